The number of nitrogens with zero attached hydrogens (tertiary/aromatic N) is 2. The fraction of sp³-hybridized carbons (Fsp3) is 0.286. The summed E-state index contributed by atoms with van der Waals surface area (Å²) in [5.41, 5.74) is 1.52. The van der Waals surface area contributed by atoms with Crippen molar-refractivity contribution in [2.45, 2.75) is 20.3 Å². The Kier molecular flexibility index (Phi) is 5.36. The lowest BCUT2D eigenvalue weighted by Crippen LogP contribution is -2.04. The Bertz CT molecular complexity index is 649. The van der Waals surface area contributed by atoms with Gasteiger partial charge in [-0.25, -0.2) is 14.4 Å². The van der Waals surface area contributed by atoms with E-state index in [1.165, 1.54) is 6.07 Å². The Morgan fingerprint density at radius 2 is 2.05 bits per heavy atom. The Balaban J connectivity index is 2.51. The summed E-state index contributed by atoms with van der Waals surface area (Å²) in [7, 11) is 0. The van der Waals surface area contributed by atoms with Crippen molar-refractivity contribution in [1.82, 2.24) is 9.97 Å². The molecule has 1 aromatic heterocycles. The van der Waals surface area contributed by atoms with Crippen molar-refractivity contribution in [3.05, 3.63) is 42.9 Å². The summed E-state index contributed by atoms with van der Waals surface area (Å²) in [6.45, 7) is 4.23. The van der Waals surface area contributed by atoms with Crippen LogP contribution in [0.4, 0.5) is 4.39 Å². The van der Waals surface area contributed by atoms with Crippen molar-refractivity contribution in [2.24, 2.45) is 5.92 Å². The maximum Gasteiger partial charge on any atom is 0.161 e. The maximum atomic E-state index is 13.6. The SMILES string of the molecule is CC(C)Cc1nc(-c2ccc(Br)c(F)c2)nc(Cl)c1I. The highest BCUT2D eigenvalue weighted by Gasteiger charge is 2.14. The molecular weight excluding hydrogens is 457 g/mol. The lowest BCUT2D eigenvalue weighted by atomic mass is 10.1. The van der Waals surface area contributed by atoms with Gasteiger partial charge in [-0.3, -0.25) is 0 Å². The van der Waals surface area contributed by atoms with Crippen molar-refractivity contribution in [1.29, 1.82) is 0 Å². The van der Waals surface area contributed by atoms with Gasteiger partial charge in [0.05, 0.1) is 13.7 Å². The monoisotopic (exact) mass is 468 g/mol. The van der Waals surface area contributed by atoms with Crippen LogP contribution in [0.25, 0.3) is 11.4 Å². The molecule has 0 saturated carbocycles. The molecule has 1 aromatic carbocycles. The van der Waals surface area contributed by atoms with E-state index in [0.717, 1.165) is 15.7 Å². The summed E-state index contributed by atoms with van der Waals surface area (Å²) in [5, 5.41) is 0.412. The number of hydrogen-bond donors (Lipinski definition) is 0. The summed E-state index contributed by atoms with van der Waals surface area (Å²) in [4.78, 5) is 8.78. The fourth-order valence-electron chi connectivity index (χ4n) is 1.75. The molecule has 2 nitrogen and oxygen atoms in total. The lowest BCUT2D eigenvalue weighted by molar-refractivity contribution is 0.621. The zero-order valence-corrected chi connectivity index (χ0v) is 15.4. The molecule has 0 amide bonds. The smallest absolute Gasteiger partial charge is 0.161 e. The van der Waals surface area contributed by atoms with E-state index in [1.807, 2.05) is 0 Å². The largest absolute Gasteiger partial charge is 0.232 e. The molecule has 2 aromatic rings. The first-order valence-corrected chi connectivity index (χ1v) is 8.30. The average Bonchev–Trinajstić information content (AvgIpc) is 2.37. The minimum atomic E-state index is -0.341. The second-order valence-corrected chi connectivity index (χ2v) is 7.12. The zero-order chi connectivity index (χ0) is 14.9. The summed E-state index contributed by atoms with van der Waals surface area (Å²) in [5.74, 6) is 0.577. The minimum absolute atomic E-state index is 0.341. The summed E-state index contributed by atoms with van der Waals surface area (Å²) in [6.07, 6.45) is 0.812. The fourth-order valence-corrected chi connectivity index (χ4v) is 2.65. The molecular formula is C14H12BrClFIN2. The summed E-state index contributed by atoms with van der Waals surface area (Å²) in [6, 6.07) is 4.81. The van der Waals surface area contributed by atoms with Crippen molar-refractivity contribution in [3.63, 3.8) is 0 Å². The standard InChI is InChI=1S/C14H12BrClFIN2/c1-7(2)5-11-12(18)13(16)20-14(19-11)8-3-4-9(15)10(17)6-8/h3-4,6-7H,5H2,1-2H3. The Morgan fingerprint density at radius 1 is 1.35 bits per heavy atom. The molecule has 0 fully saturated rings. The maximum absolute atomic E-state index is 13.6. The van der Waals surface area contributed by atoms with E-state index in [1.54, 1.807) is 12.1 Å². The first-order valence-electron chi connectivity index (χ1n) is 6.05. The highest BCUT2D eigenvalue weighted by atomic mass is 127. The van der Waals surface area contributed by atoms with Crippen LogP contribution in [0.1, 0.15) is 19.5 Å². The average molecular weight is 470 g/mol. The molecule has 2 rings (SSSR count). The van der Waals surface area contributed by atoms with Gasteiger partial charge in [-0.1, -0.05) is 25.4 Å². The van der Waals surface area contributed by atoms with Crippen molar-refractivity contribution in [2.75, 3.05) is 0 Å². The van der Waals surface area contributed by atoms with Crippen LogP contribution >= 0.6 is 50.1 Å². The number of rotatable bonds is 3. The van der Waals surface area contributed by atoms with Crippen LogP contribution in [0, 0.1) is 15.3 Å². The van der Waals surface area contributed by atoms with Crippen LogP contribution in [0.3, 0.4) is 0 Å². The van der Waals surface area contributed by atoms with Gasteiger partial charge in [0.15, 0.2) is 5.82 Å². The minimum Gasteiger partial charge on any atom is -0.232 e. The van der Waals surface area contributed by atoms with Gasteiger partial charge in [0.1, 0.15) is 11.0 Å². The summed E-state index contributed by atoms with van der Waals surface area (Å²) < 4.78 is 14.9. The molecule has 0 atom stereocenters. The van der Waals surface area contributed by atoms with Gasteiger partial charge in [0.25, 0.3) is 0 Å². The predicted molar refractivity (Wildman–Crippen MR) is 91.4 cm³/mol. The van der Waals surface area contributed by atoms with Crippen LogP contribution in [0.5, 0.6) is 0 Å². The molecule has 106 valence electrons. The molecule has 0 aliphatic carbocycles. The van der Waals surface area contributed by atoms with Crippen LogP contribution in [0.2, 0.25) is 5.15 Å². The van der Waals surface area contributed by atoms with Crippen LogP contribution in [-0.2, 0) is 6.42 Å². The lowest BCUT2D eigenvalue weighted by Gasteiger charge is -2.10. The van der Waals surface area contributed by atoms with Crippen LogP contribution < -0.4 is 0 Å². The first-order chi connectivity index (χ1) is 9.38. The second kappa shape index (κ2) is 6.66. The van der Waals surface area contributed by atoms with Crippen LogP contribution in [-0.4, -0.2) is 9.97 Å². The first kappa shape index (κ1) is 16.1. The third kappa shape index (κ3) is 3.68. The van der Waals surface area contributed by atoms with E-state index in [4.69, 9.17) is 11.6 Å². The van der Waals surface area contributed by atoms with Crippen molar-refractivity contribution < 1.29 is 4.39 Å². The van der Waals surface area contributed by atoms with Gasteiger partial charge < -0.3 is 0 Å². The Morgan fingerprint density at radius 3 is 2.65 bits per heavy atom. The number of hydrogen-bond acceptors (Lipinski definition) is 2. The third-order valence-corrected chi connectivity index (χ3v) is 5.03. The van der Waals surface area contributed by atoms with E-state index in [9.17, 15) is 4.39 Å². The van der Waals surface area contributed by atoms with Gasteiger partial charge in [-0.15, -0.1) is 0 Å². The molecule has 20 heavy (non-hydrogen) atoms. The quantitative estimate of drug-likeness (QED) is 0.438. The number of halogens is 4. The highest BCUT2D eigenvalue weighted by molar-refractivity contribution is 14.1. The van der Waals surface area contributed by atoms with Gasteiger partial charge >= 0.3 is 0 Å². The molecule has 0 unspecified atom stereocenters. The van der Waals surface area contributed by atoms with E-state index in [0.29, 0.717) is 26.9 Å². The van der Waals surface area contributed by atoms with Crippen LogP contribution in [0.15, 0.2) is 22.7 Å². The second-order valence-electron chi connectivity index (χ2n) is 4.83. The molecule has 0 aliphatic heterocycles. The Labute approximate surface area is 144 Å². The summed E-state index contributed by atoms with van der Waals surface area (Å²) >= 11 is 11.4. The molecule has 0 radical (unpaired) electrons. The Hall–Kier alpha value is -0.270. The highest BCUT2D eigenvalue weighted by Crippen LogP contribution is 2.27. The van der Waals surface area contributed by atoms with Gasteiger partial charge in [-0.2, -0.15) is 0 Å². The van der Waals surface area contributed by atoms with Gasteiger partial charge in [-0.05, 0) is 69.1 Å². The topological polar surface area (TPSA) is 25.8 Å². The molecule has 6 heteroatoms. The number of benzene rings is 1. The number of aromatic nitrogens is 2. The zero-order valence-electron chi connectivity index (χ0n) is 10.9. The van der Waals surface area contributed by atoms with E-state index in [-0.39, 0.29) is 5.82 Å². The normalized spacial score (nSPS) is 11.2. The molecule has 1 heterocycles. The molecule has 0 saturated heterocycles. The van der Waals surface area contributed by atoms with E-state index in [2.05, 4.69) is 62.3 Å². The van der Waals surface area contributed by atoms with Gasteiger partial charge in [0, 0.05) is 5.56 Å². The third-order valence-electron chi connectivity index (χ3n) is 2.66. The molecule has 0 bridgehead atoms. The van der Waals surface area contributed by atoms with Crippen molar-refractivity contribution >= 4 is 50.1 Å². The molecule has 0 N–H and O–H groups in total. The van der Waals surface area contributed by atoms with E-state index >= 15 is 0 Å². The molecule has 0 aliphatic rings. The molecule has 0 spiro atoms. The predicted octanol–water partition coefficient (Wildman–Crippen LogP) is 5.50. The van der Waals surface area contributed by atoms with Gasteiger partial charge in [0.2, 0.25) is 0 Å². The van der Waals surface area contributed by atoms with E-state index < -0.39 is 0 Å². The van der Waals surface area contributed by atoms with Crippen molar-refractivity contribution in [3.8, 4) is 11.4 Å².